The van der Waals surface area contributed by atoms with Crippen LogP contribution in [0.15, 0.2) is 0 Å². The van der Waals surface area contributed by atoms with Crippen LogP contribution in [0.1, 0.15) is 58.8 Å². The van der Waals surface area contributed by atoms with Crippen molar-refractivity contribution in [1.82, 2.24) is 15.1 Å². The molecule has 1 fully saturated rings. The predicted octanol–water partition coefficient (Wildman–Crippen LogP) is 4.08. The van der Waals surface area contributed by atoms with Gasteiger partial charge in [-0.15, -0.1) is 0 Å². The zero-order chi connectivity index (χ0) is 15.6. The number of halogens is 1. The van der Waals surface area contributed by atoms with Crippen molar-refractivity contribution in [2.24, 2.45) is 11.3 Å². The molecule has 120 valence electrons. The Kier molecular flexibility index (Phi) is 5.37. The van der Waals surface area contributed by atoms with Gasteiger partial charge in [-0.1, -0.05) is 39.3 Å². The van der Waals surface area contributed by atoms with E-state index in [1.165, 1.54) is 18.5 Å². The molecule has 0 spiro atoms. The Labute approximate surface area is 134 Å². The summed E-state index contributed by atoms with van der Waals surface area (Å²) >= 11 is 6.57. The van der Waals surface area contributed by atoms with Gasteiger partial charge in [0.25, 0.3) is 0 Å². The van der Waals surface area contributed by atoms with Crippen molar-refractivity contribution in [1.29, 1.82) is 0 Å². The zero-order valence-corrected chi connectivity index (χ0v) is 14.9. The Bertz CT molecular complexity index is 469. The number of nitrogens with one attached hydrogen (secondary N) is 1. The predicted molar refractivity (Wildman–Crippen MR) is 90.0 cm³/mol. The maximum Gasteiger partial charge on any atom is 0.0849 e. The molecule has 0 radical (unpaired) electrons. The van der Waals surface area contributed by atoms with Crippen LogP contribution in [0.25, 0.3) is 0 Å². The van der Waals surface area contributed by atoms with Gasteiger partial charge < -0.3 is 5.32 Å². The van der Waals surface area contributed by atoms with Crippen molar-refractivity contribution in [2.75, 3.05) is 6.54 Å². The van der Waals surface area contributed by atoms with Crippen LogP contribution in [0.4, 0.5) is 0 Å². The van der Waals surface area contributed by atoms with Crippen LogP contribution in [0.2, 0.25) is 5.02 Å². The average molecular weight is 312 g/mol. The van der Waals surface area contributed by atoms with Crippen LogP contribution in [0.5, 0.6) is 0 Å². The van der Waals surface area contributed by atoms with Gasteiger partial charge in [-0.25, -0.2) is 0 Å². The first-order chi connectivity index (χ1) is 9.86. The van der Waals surface area contributed by atoms with Crippen molar-refractivity contribution in [3.63, 3.8) is 0 Å². The van der Waals surface area contributed by atoms with Crippen LogP contribution in [0.3, 0.4) is 0 Å². The van der Waals surface area contributed by atoms with Crippen LogP contribution in [-0.2, 0) is 19.4 Å². The van der Waals surface area contributed by atoms with Gasteiger partial charge in [0.05, 0.1) is 16.4 Å². The molecule has 0 aliphatic heterocycles. The minimum atomic E-state index is 0.264. The Hall–Kier alpha value is -0.540. The number of rotatable bonds is 7. The molecule has 21 heavy (non-hydrogen) atoms. The first-order valence-corrected chi connectivity index (χ1v) is 8.72. The van der Waals surface area contributed by atoms with Crippen molar-refractivity contribution in [3.05, 3.63) is 16.4 Å². The van der Waals surface area contributed by atoms with Crippen LogP contribution in [-0.4, -0.2) is 22.4 Å². The minimum absolute atomic E-state index is 0.264. The third kappa shape index (κ3) is 4.23. The summed E-state index contributed by atoms with van der Waals surface area (Å²) in [6.45, 7) is 13.2. The smallest absolute Gasteiger partial charge is 0.0849 e. The minimum Gasteiger partial charge on any atom is -0.314 e. The van der Waals surface area contributed by atoms with E-state index in [0.29, 0.717) is 5.92 Å². The van der Waals surface area contributed by atoms with Crippen molar-refractivity contribution < 1.29 is 0 Å². The molecule has 1 aliphatic rings. The normalized spacial score (nSPS) is 17.2. The van der Waals surface area contributed by atoms with E-state index in [2.05, 4.69) is 49.7 Å². The molecule has 1 aliphatic carbocycles. The molecular formula is C17H30ClN3. The van der Waals surface area contributed by atoms with E-state index < -0.39 is 0 Å². The van der Waals surface area contributed by atoms with E-state index in [-0.39, 0.29) is 5.41 Å². The highest BCUT2D eigenvalue weighted by molar-refractivity contribution is 6.31. The second-order valence-corrected chi connectivity index (χ2v) is 7.70. The van der Waals surface area contributed by atoms with Gasteiger partial charge in [0.15, 0.2) is 0 Å². The lowest BCUT2D eigenvalue weighted by molar-refractivity contribution is 0.226. The topological polar surface area (TPSA) is 29.9 Å². The molecule has 0 amide bonds. The summed E-state index contributed by atoms with van der Waals surface area (Å²) in [6, 6.07) is 0.757. The van der Waals surface area contributed by atoms with Crippen molar-refractivity contribution >= 4 is 11.6 Å². The molecule has 2 rings (SSSR count). The second kappa shape index (κ2) is 6.70. The molecular weight excluding hydrogens is 282 g/mol. The van der Waals surface area contributed by atoms with E-state index in [1.807, 2.05) is 0 Å². The molecule has 0 aromatic carbocycles. The highest BCUT2D eigenvalue weighted by Crippen LogP contribution is 2.33. The molecule has 0 bridgehead atoms. The molecule has 1 N–H and O–H groups in total. The Morgan fingerprint density at radius 1 is 1.33 bits per heavy atom. The number of nitrogens with zero attached hydrogens (tertiary/aromatic N) is 2. The Balaban J connectivity index is 2.16. The van der Waals surface area contributed by atoms with Gasteiger partial charge in [0, 0.05) is 12.6 Å². The number of aromatic nitrogens is 2. The number of hydrogen-bond donors (Lipinski definition) is 1. The molecule has 0 saturated heterocycles. The number of aryl methyl sites for hydroxylation is 2. The summed E-state index contributed by atoms with van der Waals surface area (Å²) in [7, 11) is 0. The van der Waals surface area contributed by atoms with E-state index in [1.54, 1.807) is 0 Å². The maximum atomic E-state index is 6.57. The fourth-order valence-electron chi connectivity index (χ4n) is 2.73. The molecule has 1 saturated carbocycles. The first-order valence-electron chi connectivity index (χ1n) is 8.34. The standard InChI is InChI=1S/C17H30ClN3/c1-6-14-16(18)15(21(7-2)20-14)10-12(17(3,4)5)11-19-13-8-9-13/h12-13,19H,6-11H2,1-5H3. The Morgan fingerprint density at radius 3 is 2.48 bits per heavy atom. The summed E-state index contributed by atoms with van der Waals surface area (Å²) in [5, 5.41) is 9.23. The second-order valence-electron chi connectivity index (χ2n) is 7.33. The van der Waals surface area contributed by atoms with Gasteiger partial charge >= 0.3 is 0 Å². The van der Waals surface area contributed by atoms with Gasteiger partial charge in [0.2, 0.25) is 0 Å². The van der Waals surface area contributed by atoms with E-state index in [9.17, 15) is 0 Å². The molecule has 3 nitrogen and oxygen atoms in total. The average Bonchev–Trinajstić information content (AvgIpc) is 3.18. The molecule has 1 heterocycles. The van der Waals surface area contributed by atoms with Gasteiger partial charge in [0.1, 0.15) is 0 Å². The lowest BCUT2D eigenvalue weighted by Crippen LogP contribution is -2.35. The van der Waals surface area contributed by atoms with E-state index in [4.69, 9.17) is 11.6 Å². The molecule has 1 unspecified atom stereocenters. The Morgan fingerprint density at radius 2 is 2.00 bits per heavy atom. The van der Waals surface area contributed by atoms with Gasteiger partial charge in [-0.2, -0.15) is 5.10 Å². The lowest BCUT2D eigenvalue weighted by atomic mass is 9.78. The number of hydrogen-bond acceptors (Lipinski definition) is 2. The summed E-state index contributed by atoms with van der Waals surface area (Å²) in [4.78, 5) is 0. The van der Waals surface area contributed by atoms with Gasteiger partial charge in [-0.05, 0) is 50.5 Å². The summed E-state index contributed by atoms with van der Waals surface area (Å²) in [6.07, 6.45) is 4.58. The quantitative estimate of drug-likeness (QED) is 0.822. The third-order valence-corrected chi connectivity index (χ3v) is 5.03. The largest absolute Gasteiger partial charge is 0.314 e. The summed E-state index contributed by atoms with van der Waals surface area (Å²) < 4.78 is 2.09. The highest BCUT2D eigenvalue weighted by Gasteiger charge is 2.30. The highest BCUT2D eigenvalue weighted by atomic mass is 35.5. The van der Waals surface area contributed by atoms with E-state index >= 15 is 0 Å². The van der Waals surface area contributed by atoms with Crippen molar-refractivity contribution in [3.8, 4) is 0 Å². The summed E-state index contributed by atoms with van der Waals surface area (Å²) in [5.41, 5.74) is 2.52. The fraction of sp³-hybridized carbons (Fsp3) is 0.824. The molecule has 1 aromatic heterocycles. The monoisotopic (exact) mass is 311 g/mol. The van der Waals surface area contributed by atoms with Gasteiger partial charge in [-0.3, -0.25) is 4.68 Å². The van der Waals surface area contributed by atoms with E-state index in [0.717, 1.165) is 42.7 Å². The molecule has 4 heteroatoms. The van der Waals surface area contributed by atoms with Crippen molar-refractivity contribution in [2.45, 2.75) is 72.9 Å². The van der Waals surface area contributed by atoms with Crippen LogP contribution >= 0.6 is 11.6 Å². The SMILES string of the molecule is CCc1nn(CC)c(CC(CNC2CC2)C(C)(C)C)c1Cl. The lowest BCUT2D eigenvalue weighted by Gasteiger charge is -2.31. The third-order valence-electron chi connectivity index (χ3n) is 4.59. The first kappa shape index (κ1) is 16.8. The van der Waals surface area contributed by atoms with Crippen LogP contribution < -0.4 is 5.32 Å². The molecule has 1 atom stereocenters. The molecule has 1 aromatic rings. The maximum absolute atomic E-state index is 6.57. The summed E-state index contributed by atoms with van der Waals surface area (Å²) in [5.74, 6) is 0.572. The van der Waals surface area contributed by atoms with Crippen LogP contribution in [0, 0.1) is 11.3 Å². The fourth-order valence-corrected chi connectivity index (χ4v) is 3.07. The zero-order valence-electron chi connectivity index (χ0n) is 14.2.